The van der Waals surface area contributed by atoms with E-state index < -0.39 is 0 Å². The zero-order valence-electron chi connectivity index (χ0n) is 26.5. The van der Waals surface area contributed by atoms with Gasteiger partial charge in [-0.3, -0.25) is 9.59 Å². The molecule has 44 heavy (non-hydrogen) atoms. The minimum Gasteiger partial charge on any atom is -0.372 e. The molecular weight excluding hydrogens is 566 g/mol. The molecule has 1 aliphatic rings. The maximum Gasteiger partial charge on any atom is 0.243 e. The number of amides is 2. The minimum atomic E-state index is -0.311. The third kappa shape index (κ3) is 16.0. The lowest BCUT2D eigenvalue weighted by atomic mass is 9.90. The highest BCUT2D eigenvalue weighted by molar-refractivity contribution is 8.00. The van der Waals surface area contributed by atoms with E-state index in [0.717, 1.165) is 37.4 Å². The number of hydrogen-bond acceptors (Lipinski definition) is 6. The molecule has 0 saturated carbocycles. The van der Waals surface area contributed by atoms with Crippen molar-refractivity contribution in [1.29, 1.82) is 5.26 Å². The molecule has 236 valence electrons. The Balaban J connectivity index is 0.00000108. The molecule has 3 N–H and O–H groups in total. The molecule has 7 nitrogen and oxygen atoms in total. The van der Waals surface area contributed by atoms with Crippen LogP contribution in [0.5, 0.6) is 0 Å². The molecule has 0 aliphatic carbocycles. The van der Waals surface area contributed by atoms with Gasteiger partial charge in [0.1, 0.15) is 5.25 Å². The first kappa shape index (κ1) is 38.0. The average molecular weight is 616 g/mol. The molecular formula is C36H49N5O2S. The third-order valence-electron chi connectivity index (χ3n) is 7.08. The van der Waals surface area contributed by atoms with Gasteiger partial charge in [-0.2, -0.15) is 5.26 Å². The number of nitriles is 1. The van der Waals surface area contributed by atoms with Crippen molar-refractivity contribution >= 4 is 29.8 Å². The second-order valence-electron chi connectivity index (χ2n) is 10.2. The highest BCUT2D eigenvalue weighted by Gasteiger charge is 2.20. The van der Waals surface area contributed by atoms with E-state index in [-0.39, 0.29) is 17.6 Å². The van der Waals surface area contributed by atoms with Crippen molar-refractivity contribution in [2.24, 2.45) is 11.7 Å². The number of allylic oxidation sites excluding steroid dienone is 1. The van der Waals surface area contributed by atoms with E-state index in [1.807, 2.05) is 37.6 Å². The molecule has 1 aliphatic heterocycles. The fraction of sp³-hybridized carbons (Fsp3) is 0.417. The number of rotatable bonds is 13. The SMILES string of the molecule is C#CCCC.CCN(/C=C\C#N)C(=O)C(C=CNc1cccc(CCN2CCC(Cc3ccccc3)CC2)c1)SC.NC=O. The molecule has 1 fully saturated rings. The zero-order valence-corrected chi connectivity index (χ0v) is 27.3. The molecule has 2 amide bonds. The number of thioether (sulfide) groups is 1. The highest BCUT2D eigenvalue weighted by atomic mass is 32.2. The fourth-order valence-corrected chi connectivity index (χ4v) is 5.30. The topological polar surface area (TPSA) is 102 Å². The number of likely N-dealkylation sites (tertiary alicyclic amines) is 1. The van der Waals surface area contributed by atoms with Gasteiger partial charge < -0.3 is 20.9 Å². The monoisotopic (exact) mass is 615 g/mol. The lowest BCUT2D eigenvalue weighted by Gasteiger charge is -2.32. The summed E-state index contributed by atoms with van der Waals surface area (Å²) in [4.78, 5) is 25.5. The van der Waals surface area contributed by atoms with Crippen LogP contribution >= 0.6 is 11.8 Å². The number of piperidine rings is 1. The van der Waals surface area contributed by atoms with Gasteiger partial charge in [-0.05, 0) is 99.8 Å². The predicted octanol–water partition coefficient (Wildman–Crippen LogP) is 6.25. The predicted molar refractivity (Wildman–Crippen MR) is 186 cm³/mol. The van der Waals surface area contributed by atoms with Gasteiger partial charge >= 0.3 is 0 Å². The van der Waals surface area contributed by atoms with Crippen LogP contribution in [0, 0.1) is 29.6 Å². The van der Waals surface area contributed by atoms with Gasteiger partial charge in [0.15, 0.2) is 0 Å². The van der Waals surface area contributed by atoms with Gasteiger partial charge in [0.05, 0.1) is 6.07 Å². The van der Waals surface area contributed by atoms with Gasteiger partial charge in [-0.15, -0.1) is 24.1 Å². The largest absolute Gasteiger partial charge is 0.372 e. The van der Waals surface area contributed by atoms with Crippen LogP contribution in [-0.4, -0.2) is 59.8 Å². The Bertz CT molecular complexity index is 1210. The van der Waals surface area contributed by atoms with Crippen molar-refractivity contribution < 1.29 is 9.59 Å². The van der Waals surface area contributed by atoms with E-state index in [1.165, 1.54) is 61.3 Å². The number of nitrogens with two attached hydrogens (primary N) is 1. The van der Waals surface area contributed by atoms with Crippen LogP contribution in [-0.2, 0) is 22.4 Å². The second-order valence-corrected chi connectivity index (χ2v) is 11.2. The standard InChI is InChI=1S/C30H38N4OS.C5H8.CH3NO/c1-3-34(19-8-17-31)30(35)29(36-2)13-18-32-28-12-7-11-26(24-28)14-20-33-21-15-27(16-22-33)23-25-9-5-4-6-10-25;1-3-5-4-2;2-1-3/h4-13,18-19,24,27,29,32H,3,14-16,20-23H2,1-2H3;1H,4-5H2,2H3;1H,(H2,2,3)/b18-13?,19-8-;;. The number of hydrogen-bond donors (Lipinski definition) is 2. The lowest BCUT2D eigenvalue weighted by molar-refractivity contribution is -0.127. The first-order valence-corrected chi connectivity index (χ1v) is 16.5. The smallest absolute Gasteiger partial charge is 0.243 e. The first-order chi connectivity index (χ1) is 21.5. The Morgan fingerprint density at radius 2 is 1.86 bits per heavy atom. The third-order valence-corrected chi connectivity index (χ3v) is 7.95. The van der Waals surface area contributed by atoms with Crippen LogP contribution < -0.4 is 11.1 Å². The summed E-state index contributed by atoms with van der Waals surface area (Å²) in [5.74, 6) is 3.28. The zero-order chi connectivity index (χ0) is 32.4. The van der Waals surface area contributed by atoms with Crippen molar-refractivity contribution in [3.63, 3.8) is 0 Å². The van der Waals surface area contributed by atoms with Crippen LogP contribution in [0.2, 0.25) is 0 Å². The summed E-state index contributed by atoms with van der Waals surface area (Å²) in [7, 11) is 0. The van der Waals surface area contributed by atoms with E-state index in [1.54, 1.807) is 11.1 Å². The Morgan fingerprint density at radius 1 is 1.18 bits per heavy atom. The molecule has 1 saturated heterocycles. The number of nitrogens with zero attached hydrogens (tertiary/aromatic N) is 3. The van der Waals surface area contributed by atoms with Crippen LogP contribution in [0.25, 0.3) is 0 Å². The number of benzene rings is 2. The molecule has 1 heterocycles. The molecule has 2 aromatic carbocycles. The van der Waals surface area contributed by atoms with Gasteiger partial charge in [0.25, 0.3) is 0 Å². The summed E-state index contributed by atoms with van der Waals surface area (Å²) in [5.41, 5.74) is 7.96. The quantitative estimate of drug-likeness (QED) is 0.157. The summed E-state index contributed by atoms with van der Waals surface area (Å²) in [6.45, 7) is 7.95. The number of anilines is 1. The first-order valence-electron chi connectivity index (χ1n) is 15.2. The van der Waals surface area contributed by atoms with Crippen molar-refractivity contribution in [3.8, 4) is 18.4 Å². The lowest BCUT2D eigenvalue weighted by Crippen LogP contribution is -2.35. The van der Waals surface area contributed by atoms with E-state index in [4.69, 9.17) is 16.5 Å². The van der Waals surface area contributed by atoms with Crippen LogP contribution in [0.4, 0.5) is 5.69 Å². The Morgan fingerprint density at radius 3 is 2.43 bits per heavy atom. The van der Waals surface area contributed by atoms with Gasteiger partial charge in [0, 0.05) is 37.5 Å². The summed E-state index contributed by atoms with van der Waals surface area (Å²) < 4.78 is 0. The van der Waals surface area contributed by atoms with Gasteiger partial charge in [-0.1, -0.05) is 49.4 Å². The molecule has 1 unspecified atom stereocenters. The van der Waals surface area contributed by atoms with Crippen LogP contribution in [0.1, 0.15) is 50.7 Å². The Labute approximate surface area is 269 Å². The summed E-state index contributed by atoms with van der Waals surface area (Å²) in [6, 6.07) is 21.3. The molecule has 0 spiro atoms. The van der Waals surface area contributed by atoms with Crippen molar-refractivity contribution in [1.82, 2.24) is 9.80 Å². The van der Waals surface area contributed by atoms with E-state index in [0.29, 0.717) is 6.54 Å². The van der Waals surface area contributed by atoms with Gasteiger partial charge in [-0.25, -0.2) is 0 Å². The maximum absolute atomic E-state index is 12.7. The van der Waals surface area contributed by atoms with E-state index in [2.05, 4.69) is 77.3 Å². The van der Waals surface area contributed by atoms with E-state index >= 15 is 0 Å². The van der Waals surface area contributed by atoms with Crippen molar-refractivity contribution in [3.05, 3.63) is 90.3 Å². The Kier molecular flexibility index (Phi) is 21.2. The molecule has 3 rings (SSSR count). The number of carbonyl (C=O) groups is 2. The maximum atomic E-state index is 12.7. The molecule has 0 bridgehead atoms. The molecule has 0 radical (unpaired) electrons. The molecule has 2 aromatic rings. The fourth-order valence-electron chi connectivity index (χ4n) is 4.72. The van der Waals surface area contributed by atoms with Crippen LogP contribution in [0.15, 0.2) is 79.1 Å². The number of nitrogens with one attached hydrogen (secondary N) is 1. The van der Waals surface area contributed by atoms with Crippen molar-refractivity contribution in [2.75, 3.05) is 37.8 Å². The molecule has 1 atom stereocenters. The number of carbonyl (C=O) groups excluding carboxylic acids is 2. The summed E-state index contributed by atoms with van der Waals surface area (Å²) in [5, 5.41) is 11.8. The van der Waals surface area contributed by atoms with Crippen LogP contribution in [0.3, 0.4) is 0 Å². The molecule has 8 heteroatoms. The number of primary amides is 1. The number of unbranched alkanes of at least 4 members (excludes halogenated alkanes) is 1. The average Bonchev–Trinajstić information content (AvgIpc) is 3.05. The normalized spacial score (nSPS) is 13.8. The highest BCUT2D eigenvalue weighted by Crippen LogP contribution is 2.22. The number of terminal acetylenes is 1. The summed E-state index contributed by atoms with van der Waals surface area (Å²) >= 11 is 1.48. The van der Waals surface area contributed by atoms with E-state index in [9.17, 15) is 4.79 Å². The minimum absolute atomic E-state index is 0.0316. The summed E-state index contributed by atoms with van der Waals surface area (Å²) in [6.07, 6.45) is 20.5. The van der Waals surface area contributed by atoms with Gasteiger partial charge in [0.2, 0.25) is 12.3 Å². The Hall–Kier alpha value is -3.98. The molecule has 0 aromatic heterocycles. The van der Waals surface area contributed by atoms with Crippen molar-refractivity contribution in [2.45, 2.75) is 57.6 Å². The second kappa shape index (κ2) is 24.5.